The second-order valence-electron chi connectivity index (χ2n) is 2.82. The molecule has 1 aromatic carbocycles. The molecule has 0 saturated carbocycles. The Kier molecular flexibility index (Phi) is 1.77. The molecule has 0 aliphatic rings. The first-order valence-corrected chi connectivity index (χ1v) is 3.98. The average Bonchev–Trinajstić information content (AvgIpc) is 2.17. The van der Waals surface area contributed by atoms with Crippen molar-refractivity contribution < 1.29 is 4.74 Å². The van der Waals surface area contributed by atoms with Gasteiger partial charge in [0.1, 0.15) is 5.75 Å². The number of nitrogens with zero attached hydrogens (tertiary/aromatic N) is 1. The van der Waals surface area contributed by atoms with E-state index in [1.54, 1.807) is 19.5 Å². The van der Waals surface area contributed by atoms with E-state index in [-0.39, 0.29) is 0 Å². The standard InChI is InChI=1S/C10H10N2O/c1-13-10-5-8-6-12-3-2-7(8)4-9(10)11/h2-6H,11H2,1H3. The number of aromatic nitrogens is 1. The number of hydrogen-bond donors (Lipinski definition) is 1. The fourth-order valence-corrected chi connectivity index (χ4v) is 1.31. The minimum absolute atomic E-state index is 0.654. The predicted octanol–water partition coefficient (Wildman–Crippen LogP) is 1.83. The molecule has 0 fully saturated rings. The van der Waals surface area contributed by atoms with Crippen molar-refractivity contribution in [1.29, 1.82) is 0 Å². The van der Waals surface area contributed by atoms with Crippen LogP contribution in [0.4, 0.5) is 5.69 Å². The predicted molar refractivity (Wildman–Crippen MR) is 52.7 cm³/mol. The van der Waals surface area contributed by atoms with Gasteiger partial charge in [-0.25, -0.2) is 0 Å². The molecule has 0 radical (unpaired) electrons. The van der Waals surface area contributed by atoms with E-state index in [0.29, 0.717) is 11.4 Å². The monoisotopic (exact) mass is 174 g/mol. The maximum absolute atomic E-state index is 5.75. The summed E-state index contributed by atoms with van der Waals surface area (Å²) in [7, 11) is 1.61. The Morgan fingerprint density at radius 1 is 1.31 bits per heavy atom. The second-order valence-corrected chi connectivity index (χ2v) is 2.82. The zero-order chi connectivity index (χ0) is 9.26. The summed E-state index contributed by atoms with van der Waals surface area (Å²) in [4.78, 5) is 4.02. The van der Waals surface area contributed by atoms with Crippen molar-refractivity contribution in [2.45, 2.75) is 0 Å². The Bertz CT molecular complexity index is 440. The van der Waals surface area contributed by atoms with E-state index < -0.39 is 0 Å². The molecule has 0 amide bonds. The van der Waals surface area contributed by atoms with E-state index in [1.807, 2.05) is 18.2 Å². The molecule has 0 aliphatic heterocycles. The van der Waals surface area contributed by atoms with Crippen molar-refractivity contribution >= 4 is 16.5 Å². The van der Waals surface area contributed by atoms with Gasteiger partial charge in [0.2, 0.25) is 0 Å². The van der Waals surface area contributed by atoms with Gasteiger partial charge in [-0.2, -0.15) is 0 Å². The molecule has 3 nitrogen and oxygen atoms in total. The first-order valence-electron chi connectivity index (χ1n) is 3.98. The number of rotatable bonds is 1. The molecular weight excluding hydrogens is 164 g/mol. The van der Waals surface area contributed by atoms with Crippen LogP contribution in [0, 0.1) is 0 Å². The van der Waals surface area contributed by atoms with Crippen LogP contribution in [-0.4, -0.2) is 12.1 Å². The molecule has 2 rings (SSSR count). The molecule has 0 aliphatic carbocycles. The van der Waals surface area contributed by atoms with Gasteiger partial charge in [-0.3, -0.25) is 4.98 Å². The first kappa shape index (κ1) is 7.86. The lowest BCUT2D eigenvalue weighted by Gasteiger charge is -2.05. The summed E-state index contributed by atoms with van der Waals surface area (Å²) in [6, 6.07) is 5.69. The summed E-state index contributed by atoms with van der Waals surface area (Å²) in [6.07, 6.45) is 3.53. The molecule has 2 N–H and O–H groups in total. The van der Waals surface area contributed by atoms with Crippen LogP contribution in [0.2, 0.25) is 0 Å². The molecule has 1 heterocycles. The van der Waals surface area contributed by atoms with E-state index in [9.17, 15) is 0 Å². The second kappa shape index (κ2) is 2.94. The number of benzene rings is 1. The lowest BCUT2D eigenvalue weighted by atomic mass is 10.1. The van der Waals surface area contributed by atoms with Crippen LogP contribution in [0.3, 0.4) is 0 Å². The maximum Gasteiger partial charge on any atom is 0.142 e. The molecule has 3 heteroatoms. The third-order valence-corrected chi connectivity index (χ3v) is 1.99. The van der Waals surface area contributed by atoms with Crippen LogP contribution >= 0.6 is 0 Å². The molecule has 13 heavy (non-hydrogen) atoms. The number of anilines is 1. The third-order valence-electron chi connectivity index (χ3n) is 1.99. The molecule has 0 unspecified atom stereocenters. The number of nitrogens with two attached hydrogens (primary N) is 1. The van der Waals surface area contributed by atoms with E-state index in [1.165, 1.54) is 0 Å². The van der Waals surface area contributed by atoms with Gasteiger partial charge in [-0.05, 0) is 23.6 Å². The van der Waals surface area contributed by atoms with E-state index in [4.69, 9.17) is 10.5 Å². The summed E-state index contributed by atoms with van der Waals surface area (Å²) < 4.78 is 5.10. The molecule has 66 valence electrons. The van der Waals surface area contributed by atoms with Gasteiger partial charge < -0.3 is 10.5 Å². The van der Waals surface area contributed by atoms with Crippen LogP contribution in [0.25, 0.3) is 10.8 Å². The van der Waals surface area contributed by atoms with Gasteiger partial charge in [-0.1, -0.05) is 0 Å². The largest absolute Gasteiger partial charge is 0.495 e. The van der Waals surface area contributed by atoms with Crippen molar-refractivity contribution in [1.82, 2.24) is 4.98 Å². The number of ether oxygens (including phenoxy) is 1. The highest BCUT2D eigenvalue weighted by Crippen LogP contribution is 2.26. The van der Waals surface area contributed by atoms with Crippen LogP contribution in [0.1, 0.15) is 0 Å². The van der Waals surface area contributed by atoms with E-state index in [0.717, 1.165) is 10.8 Å². The minimum Gasteiger partial charge on any atom is -0.495 e. The Labute approximate surface area is 76.2 Å². The minimum atomic E-state index is 0.654. The molecule has 0 spiro atoms. The third kappa shape index (κ3) is 1.28. The summed E-state index contributed by atoms with van der Waals surface area (Å²) >= 11 is 0. The SMILES string of the molecule is COc1cc2cnccc2cc1N. The summed E-state index contributed by atoms with van der Waals surface area (Å²) in [5.74, 6) is 0.695. The van der Waals surface area contributed by atoms with Crippen molar-refractivity contribution in [2.75, 3.05) is 12.8 Å². The Morgan fingerprint density at radius 2 is 2.15 bits per heavy atom. The van der Waals surface area contributed by atoms with Gasteiger partial charge in [0, 0.05) is 17.8 Å². The van der Waals surface area contributed by atoms with Crippen molar-refractivity contribution in [3.05, 3.63) is 30.6 Å². The van der Waals surface area contributed by atoms with Crippen LogP contribution in [0.15, 0.2) is 30.6 Å². The van der Waals surface area contributed by atoms with Crippen molar-refractivity contribution in [2.24, 2.45) is 0 Å². The number of pyridine rings is 1. The van der Waals surface area contributed by atoms with Crippen molar-refractivity contribution in [3.8, 4) is 5.75 Å². The highest BCUT2D eigenvalue weighted by molar-refractivity contribution is 5.87. The maximum atomic E-state index is 5.75. The summed E-state index contributed by atoms with van der Waals surface area (Å²) in [5.41, 5.74) is 6.41. The lowest BCUT2D eigenvalue weighted by molar-refractivity contribution is 0.417. The number of methoxy groups -OCH3 is 1. The highest BCUT2D eigenvalue weighted by Gasteiger charge is 2.00. The smallest absolute Gasteiger partial charge is 0.142 e. The number of hydrogen-bond acceptors (Lipinski definition) is 3. The van der Waals surface area contributed by atoms with Crippen molar-refractivity contribution in [3.63, 3.8) is 0 Å². The number of fused-ring (bicyclic) bond motifs is 1. The molecule has 0 atom stereocenters. The van der Waals surface area contributed by atoms with Crippen LogP contribution in [-0.2, 0) is 0 Å². The quantitative estimate of drug-likeness (QED) is 0.671. The van der Waals surface area contributed by atoms with Gasteiger partial charge in [0.05, 0.1) is 12.8 Å². The normalized spacial score (nSPS) is 10.2. The highest BCUT2D eigenvalue weighted by atomic mass is 16.5. The Hall–Kier alpha value is -1.77. The molecule has 1 aromatic heterocycles. The lowest BCUT2D eigenvalue weighted by Crippen LogP contribution is -1.92. The summed E-state index contributed by atoms with van der Waals surface area (Å²) in [5, 5.41) is 2.11. The average molecular weight is 174 g/mol. The van der Waals surface area contributed by atoms with E-state index in [2.05, 4.69) is 4.98 Å². The topological polar surface area (TPSA) is 48.1 Å². The van der Waals surface area contributed by atoms with Gasteiger partial charge >= 0.3 is 0 Å². The van der Waals surface area contributed by atoms with Gasteiger partial charge in [-0.15, -0.1) is 0 Å². The Balaban J connectivity index is 2.74. The fourth-order valence-electron chi connectivity index (χ4n) is 1.31. The van der Waals surface area contributed by atoms with Crippen LogP contribution in [0.5, 0.6) is 5.75 Å². The fraction of sp³-hybridized carbons (Fsp3) is 0.100. The molecule has 0 bridgehead atoms. The summed E-state index contributed by atoms with van der Waals surface area (Å²) in [6.45, 7) is 0. The van der Waals surface area contributed by atoms with E-state index >= 15 is 0 Å². The molecule has 2 aromatic rings. The van der Waals surface area contributed by atoms with Gasteiger partial charge in [0.15, 0.2) is 0 Å². The first-order chi connectivity index (χ1) is 6.31. The Morgan fingerprint density at radius 3 is 2.92 bits per heavy atom. The molecule has 0 saturated heterocycles. The zero-order valence-electron chi connectivity index (χ0n) is 7.32. The number of nitrogen functional groups attached to an aromatic ring is 1. The zero-order valence-corrected chi connectivity index (χ0v) is 7.32. The van der Waals surface area contributed by atoms with Gasteiger partial charge in [0.25, 0.3) is 0 Å². The van der Waals surface area contributed by atoms with Crippen LogP contribution < -0.4 is 10.5 Å². The molecular formula is C10H10N2O.